The second-order valence-corrected chi connectivity index (χ2v) is 6.43. The van der Waals surface area contributed by atoms with Gasteiger partial charge in [-0.05, 0) is 44.7 Å². The quantitative estimate of drug-likeness (QED) is 0.600. The summed E-state index contributed by atoms with van der Waals surface area (Å²) < 4.78 is 6.65. The minimum absolute atomic E-state index is 0.0382. The van der Waals surface area contributed by atoms with Crippen LogP contribution in [0.5, 0.6) is 0 Å². The lowest BCUT2D eigenvalue weighted by Crippen LogP contribution is -2.32. The normalized spacial score (nSPS) is 14.3. The van der Waals surface area contributed by atoms with Crippen molar-refractivity contribution >= 4 is 17.6 Å². The number of benzene rings is 1. The summed E-state index contributed by atoms with van der Waals surface area (Å²) >= 11 is 0. The van der Waals surface area contributed by atoms with Gasteiger partial charge in [0.05, 0.1) is 17.1 Å². The second kappa shape index (κ2) is 7.59. The van der Waals surface area contributed by atoms with E-state index in [1.54, 1.807) is 19.2 Å². The molecular weight excluding hydrogens is 334 g/mol. The minimum atomic E-state index is -0.462. The van der Waals surface area contributed by atoms with E-state index in [1.165, 1.54) is 17.1 Å². The van der Waals surface area contributed by atoms with Gasteiger partial charge in [0.2, 0.25) is 0 Å². The zero-order chi connectivity index (χ0) is 18.7. The number of nitrogens with zero attached hydrogens (tertiary/aromatic N) is 3. The molecule has 26 heavy (non-hydrogen) atoms. The van der Waals surface area contributed by atoms with E-state index >= 15 is 0 Å². The lowest BCUT2D eigenvalue weighted by atomic mass is 10.0. The highest BCUT2D eigenvalue weighted by Gasteiger charge is 2.24. The van der Waals surface area contributed by atoms with Crippen LogP contribution in [-0.4, -0.2) is 35.3 Å². The number of hydrogen-bond acceptors (Lipinski definition) is 5. The second-order valence-electron chi connectivity index (χ2n) is 6.43. The molecular formula is C19H23N3O4. The fourth-order valence-corrected chi connectivity index (χ4v) is 3.47. The maximum atomic E-state index is 12.4. The molecule has 2 aromatic rings. The van der Waals surface area contributed by atoms with E-state index in [0.29, 0.717) is 11.1 Å². The van der Waals surface area contributed by atoms with Gasteiger partial charge in [-0.1, -0.05) is 12.1 Å². The van der Waals surface area contributed by atoms with Crippen LogP contribution in [0.4, 0.5) is 16.3 Å². The number of carbonyl (C=O) groups is 1. The van der Waals surface area contributed by atoms with Crippen molar-refractivity contribution in [3.05, 3.63) is 46.1 Å². The van der Waals surface area contributed by atoms with Gasteiger partial charge in [0.1, 0.15) is 5.82 Å². The third kappa shape index (κ3) is 3.42. The van der Waals surface area contributed by atoms with E-state index in [4.69, 9.17) is 4.74 Å². The summed E-state index contributed by atoms with van der Waals surface area (Å²) in [5.74, 6) is 0.732. The molecule has 0 unspecified atom stereocenters. The molecule has 1 aromatic carbocycles. The maximum Gasteiger partial charge on any atom is 0.419 e. The number of piperidine rings is 1. The highest BCUT2D eigenvalue weighted by molar-refractivity contribution is 5.84. The molecule has 0 spiro atoms. The Morgan fingerprint density at radius 1 is 1.27 bits per heavy atom. The Balaban J connectivity index is 2.12. The summed E-state index contributed by atoms with van der Waals surface area (Å²) in [6.45, 7) is 5.59. The van der Waals surface area contributed by atoms with Crippen LogP contribution in [0.15, 0.2) is 30.5 Å². The lowest BCUT2D eigenvalue weighted by molar-refractivity contribution is -0.384. The van der Waals surface area contributed by atoms with Crippen molar-refractivity contribution in [1.82, 2.24) is 4.57 Å². The van der Waals surface area contributed by atoms with Crippen molar-refractivity contribution in [3.8, 4) is 11.1 Å². The van der Waals surface area contributed by atoms with Crippen molar-refractivity contribution in [2.45, 2.75) is 33.1 Å². The summed E-state index contributed by atoms with van der Waals surface area (Å²) in [7, 11) is 0. The van der Waals surface area contributed by atoms with Crippen LogP contribution >= 0.6 is 0 Å². The molecule has 1 fully saturated rings. The molecule has 0 radical (unpaired) electrons. The molecule has 0 atom stereocenters. The number of carbonyl (C=O) groups excluding carboxylic acids is 1. The van der Waals surface area contributed by atoms with Crippen molar-refractivity contribution in [1.29, 1.82) is 0 Å². The van der Waals surface area contributed by atoms with Crippen LogP contribution in [0.2, 0.25) is 0 Å². The van der Waals surface area contributed by atoms with Crippen LogP contribution in [0, 0.1) is 17.0 Å². The Kier molecular flexibility index (Phi) is 5.25. The fourth-order valence-electron chi connectivity index (χ4n) is 3.47. The monoisotopic (exact) mass is 357 g/mol. The van der Waals surface area contributed by atoms with Crippen molar-refractivity contribution in [3.63, 3.8) is 0 Å². The third-order valence-corrected chi connectivity index (χ3v) is 4.68. The molecule has 7 nitrogen and oxygen atoms in total. The number of ether oxygens (including phenoxy) is 1. The predicted octanol–water partition coefficient (Wildman–Crippen LogP) is 4.37. The van der Waals surface area contributed by atoms with Crippen LogP contribution in [-0.2, 0) is 4.74 Å². The van der Waals surface area contributed by atoms with Crippen LogP contribution in [0.1, 0.15) is 31.7 Å². The van der Waals surface area contributed by atoms with Gasteiger partial charge in [0, 0.05) is 30.9 Å². The zero-order valence-corrected chi connectivity index (χ0v) is 15.1. The van der Waals surface area contributed by atoms with Gasteiger partial charge >= 0.3 is 6.09 Å². The molecule has 3 rings (SSSR count). The van der Waals surface area contributed by atoms with Gasteiger partial charge in [-0.25, -0.2) is 9.36 Å². The van der Waals surface area contributed by atoms with Gasteiger partial charge in [0.15, 0.2) is 0 Å². The Morgan fingerprint density at radius 2 is 2.00 bits per heavy atom. The first-order valence-electron chi connectivity index (χ1n) is 8.91. The van der Waals surface area contributed by atoms with Gasteiger partial charge < -0.3 is 9.64 Å². The van der Waals surface area contributed by atoms with Crippen molar-refractivity contribution < 1.29 is 14.5 Å². The summed E-state index contributed by atoms with van der Waals surface area (Å²) in [6, 6.07) is 6.86. The average molecular weight is 357 g/mol. The summed E-state index contributed by atoms with van der Waals surface area (Å²) in [5.41, 5.74) is 2.03. The van der Waals surface area contributed by atoms with E-state index in [9.17, 15) is 14.9 Å². The number of hydrogen-bond donors (Lipinski definition) is 0. The first-order valence-corrected chi connectivity index (χ1v) is 8.91. The Labute approximate surface area is 152 Å². The summed E-state index contributed by atoms with van der Waals surface area (Å²) in [5, 5.41) is 11.5. The van der Waals surface area contributed by atoms with Gasteiger partial charge in [0.25, 0.3) is 5.69 Å². The Bertz CT molecular complexity index is 822. The Hall–Kier alpha value is -2.83. The Morgan fingerprint density at radius 3 is 2.65 bits per heavy atom. The summed E-state index contributed by atoms with van der Waals surface area (Å²) in [4.78, 5) is 25.7. The SMILES string of the molecule is CCOC(=O)n1cc(-c2c(C)cccc2[N+](=O)[O-])cc1N1CCCCC1. The molecule has 0 amide bonds. The van der Waals surface area contributed by atoms with Gasteiger partial charge in [-0.15, -0.1) is 0 Å². The van der Waals surface area contributed by atoms with Gasteiger partial charge in [-0.2, -0.15) is 0 Å². The topological polar surface area (TPSA) is 77.6 Å². The van der Waals surface area contributed by atoms with E-state index in [-0.39, 0.29) is 17.2 Å². The van der Waals surface area contributed by atoms with E-state index in [0.717, 1.165) is 37.3 Å². The third-order valence-electron chi connectivity index (χ3n) is 4.68. The highest BCUT2D eigenvalue weighted by atomic mass is 16.6. The standard InChI is InChI=1S/C19H23N3O4/c1-3-26-19(23)21-13-15(12-17(21)20-10-5-4-6-11-20)18-14(2)8-7-9-16(18)22(24)25/h7-9,12-13H,3-6,10-11H2,1-2H3. The smallest absolute Gasteiger partial charge is 0.419 e. The molecule has 7 heteroatoms. The molecule has 1 aromatic heterocycles. The number of aryl methyl sites for hydroxylation is 1. The van der Waals surface area contributed by atoms with Crippen LogP contribution < -0.4 is 4.90 Å². The minimum Gasteiger partial charge on any atom is -0.449 e. The molecule has 2 heterocycles. The largest absolute Gasteiger partial charge is 0.449 e. The van der Waals surface area contributed by atoms with Crippen LogP contribution in [0.25, 0.3) is 11.1 Å². The lowest BCUT2D eigenvalue weighted by Gasteiger charge is -2.28. The fraction of sp³-hybridized carbons (Fsp3) is 0.421. The molecule has 138 valence electrons. The average Bonchev–Trinajstić information content (AvgIpc) is 3.07. The number of aromatic nitrogens is 1. The van der Waals surface area contributed by atoms with Crippen LogP contribution in [0.3, 0.4) is 0 Å². The predicted molar refractivity (Wildman–Crippen MR) is 99.7 cm³/mol. The molecule has 0 N–H and O–H groups in total. The van der Waals surface area contributed by atoms with E-state index < -0.39 is 6.09 Å². The molecule has 0 saturated carbocycles. The number of nitro benzene ring substituents is 1. The van der Waals surface area contributed by atoms with Gasteiger partial charge in [-0.3, -0.25) is 10.1 Å². The van der Waals surface area contributed by atoms with E-state index in [1.807, 2.05) is 19.1 Å². The maximum absolute atomic E-state index is 12.4. The van der Waals surface area contributed by atoms with Crippen molar-refractivity contribution in [2.75, 3.05) is 24.6 Å². The van der Waals surface area contributed by atoms with Crippen molar-refractivity contribution in [2.24, 2.45) is 0 Å². The zero-order valence-electron chi connectivity index (χ0n) is 15.1. The first-order chi connectivity index (χ1) is 12.5. The molecule has 0 aliphatic carbocycles. The number of nitro groups is 1. The number of anilines is 1. The molecule has 1 saturated heterocycles. The van der Waals surface area contributed by atoms with E-state index in [2.05, 4.69) is 4.90 Å². The molecule has 1 aliphatic heterocycles. The highest BCUT2D eigenvalue weighted by Crippen LogP contribution is 2.36. The number of rotatable bonds is 4. The molecule has 1 aliphatic rings. The summed E-state index contributed by atoms with van der Waals surface area (Å²) in [6.07, 6.45) is 4.49. The molecule has 0 bridgehead atoms. The first kappa shape index (κ1) is 18.0.